The SMILES string of the molecule is C#CCNc1c(F)cc(F)cc1Br. The summed E-state index contributed by atoms with van der Waals surface area (Å²) in [5, 5.41) is 2.63. The number of halogens is 3. The van der Waals surface area contributed by atoms with Gasteiger partial charge in [0.25, 0.3) is 0 Å². The van der Waals surface area contributed by atoms with Crippen molar-refractivity contribution in [2.75, 3.05) is 11.9 Å². The van der Waals surface area contributed by atoms with Crippen LogP contribution in [0.15, 0.2) is 16.6 Å². The van der Waals surface area contributed by atoms with Gasteiger partial charge in [-0.05, 0) is 22.0 Å². The molecule has 0 heterocycles. The number of rotatable bonds is 2. The van der Waals surface area contributed by atoms with Gasteiger partial charge in [0.15, 0.2) is 0 Å². The van der Waals surface area contributed by atoms with Gasteiger partial charge in [0.05, 0.1) is 12.2 Å². The number of nitrogens with one attached hydrogen (secondary N) is 1. The molecule has 0 saturated carbocycles. The molecule has 0 radical (unpaired) electrons. The van der Waals surface area contributed by atoms with E-state index in [1.54, 1.807) is 0 Å². The third-order valence-corrected chi connectivity index (χ3v) is 2.00. The molecular weight excluding hydrogens is 240 g/mol. The van der Waals surface area contributed by atoms with Crippen LogP contribution in [0.4, 0.5) is 14.5 Å². The van der Waals surface area contributed by atoms with Crippen LogP contribution in [0.3, 0.4) is 0 Å². The van der Waals surface area contributed by atoms with Gasteiger partial charge < -0.3 is 5.32 Å². The highest BCUT2D eigenvalue weighted by atomic mass is 79.9. The minimum Gasteiger partial charge on any atom is -0.371 e. The van der Waals surface area contributed by atoms with Crippen LogP contribution in [0, 0.1) is 24.0 Å². The summed E-state index contributed by atoms with van der Waals surface area (Å²) in [4.78, 5) is 0. The van der Waals surface area contributed by atoms with Gasteiger partial charge in [-0.25, -0.2) is 8.78 Å². The summed E-state index contributed by atoms with van der Waals surface area (Å²) in [5.74, 6) is 0.999. The second-order valence-corrected chi connectivity index (χ2v) is 3.16. The second-order valence-electron chi connectivity index (χ2n) is 2.30. The first-order valence-electron chi connectivity index (χ1n) is 3.47. The molecule has 68 valence electrons. The van der Waals surface area contributed by atoms with Crippen molar-refractivity contribution in [2.45, 2.75) is 0 Å². The molecular formula is C9H6BrF2N. The molecule has 1 N–H and O–H groups in total. The van der Waals surface area contributed by atoms with Crippen molar-refractivity contribution < 1.29 is 8.78 Å². The van der Waals surface area contributed by atoms with E-state index in [2.05, 4.69) is 27.2 Å². The van der Waals surface area contributed by atoms with Crippen molar-refractivity contribution in [3.8, 4) is 12.3 Å². The summed E-state index contributed by atoms with van der Waals surface area (Å²) in [6.45, 7) is 0.196. The lowest BCUT2D eigenvalue weighted by molar-refractivity contribution is 0.584. The lowest BCUT2D eigenvalue weighted by Gasteiger charge is -2.06. The Kier molecular flexibility index (Phi) is 3.26. The molecule has 1 aromatic rings. The fraction of sp³-hybridized carbons (Fsp3) is 0.111. The molecule has 0 aromatic heterocycles. The van der Waals surface area contributed by atoms with Gasteiger partial charge in [-0.15, -0.1) is 6.42 Å². The molecule has 13 heavy (non-hydrogen) atoms. The molecule has 1 rings (SSSR count). The Morgan fingerprint density at radius 3 is 2.69 bits per heavy atom. The predicted molar refractivity (Wildman–Crippen MR) is 51.4 cm³/mol. The topological polar surface area (TPSA) is 12.0 Å². The van der Waals surface area contributed by atoms with E-state index >= 15 is 0 Å². The molecule has 1 nitrogen and oxygen atoms in total. The molecule has 0 spiro atoms. The summed E-state index contributed by atoms with van der Waals surface area (Å²) in [7, 11) is 0. The van der Waals surface area contributed by atoms with E-state index in [1.807, 2.05) is 0 Å². The average Bonchev–Trinajstić information content (AvgIpc) is 2.02. The van der Waals surface area contributed by atoms with Crippen LogP contribution >= 0.6 is 15.9 Å². The summed E-state index contributed by atoms with van der Waals surface area (Å²) in [6.07, 6.45) is 4.98. The van der Waals surface area contributed by atoms with E-state index in [9.17, 15) is 8.78 Å². The van der Waals surface area contributed by atoms with E-state index in [0.29, 0.717) is 4.47 Å². The van der Waals surface area contributed by atoms with E-state index in [-0.39, 0.29) is 12.2 Å². The zero-order valence-corrected chi connectivity index (χ0v) is 8.16. The predicted octanol–water partition coefficient (Wildman–Crippen LogP) is 2.77. The quantitative estimate of drug-likeness (QED) is 0.791. The zero-order chi connectivity index (χ0) is 9.84. The Morgan fingerprint density at radius 1 is 1.46 bits per heavy atom. The third-order valence-electron chi connectivity index (χ3n) is 1.37. The van der Waals surface area contributed by atoms with E-state index in [1.165, 1.54) is 6.07 Å². The largest absolute Gasteiger partial charge is 0.371 e. The van der Waals surface area contributed by atoms with E-state index in [4.69, 9.17) is 6.42 Å². The molecule has 0 bridgehead atoms. The van der Waals surface area contributed by atoms with Crippen molar-refractivity contribution >= 4 is 21.6 Å². The van der Waals surface area contributed by atoms with Crippen molar-refractivity contribution in [3.63, 3.8) is 0 Å². The van der Waals surface area contributed by atoms with Crippen molar-refractivity contribution in [1.29, 1.82) is 0 Å². The Bertz CT molecular complexity index is 334. The molecule has 1 aromatic carbocycles. The standard InChI is InChI=1S/C9H6BrF2N/c1-2-3-13-9-7(10)4-6(11)5-8(9)12/h1,4-5,13H,3H2. The van der Waals surface area contributed by atoms with E-state index < -0.39 is 11.6 Å². The smallest absolute Gasteiger partial charge is 0.150 e. The average molecular weight is 246 g/mol. The second kappa shape index (κ2) is 4.24. The van der Waals surface area contributed by atoms with Gasteiger partial charge in [0.1, 0.15) is 11.6 Å². The highest BCUT2D eigenvalue weighted by Gasteiger charge is 2.07. The first-order chi connectivity index (χ1) is 6.15. The van der Waals surface area contributed by atoms with Gasteiger partial charge >= 0.3 is 0 Å². The summed E-state index contributed by atoms with van der Waals surface area (Å²) in [5.41, 5.74) is 0.180. The molecule has 0 atom stereocenters. The van der Waals surface area contributed by atoms with Crippen LogP contribution in [0.5, 0.6) is 0 Å². The molecule has 0 fully saturated rings. The van der Waals surface area contributed by atoms with Crippen molar-refractivity contribution in [2.24, 2.45) is 0 Å². The van der Waals surface area contributed by atoms with Crippen LogP contribution in [0.25, 0.3) is 0 Å². The highest BCUT2D eigenvalue weighted by Crippen LogP contribution is 2.26. The van der Waals surface area contributed by atoms with Crippen LogP contribution in [0.2, 0.25) is 0 Å². The molecule has 0 unspecified atom stereocenters. The fourth-order valence-corrected chi connectivity index (χ4v) is 1.40. The lowest BCUT2D eigenvalue weighted by atomic mass is 10.3. The molecule has 0 aliphatic carbocycles. The Hall–Kier alpha value is -1.08. The van der Waals surface area contributed by atoms with Gasteiger partial charge in [-0.2, -0.15) is 0 Å². The van der Waals surface area contributed by atoms with Crippen LogP contribution in [-0.2, 0) is 0 Å². The van der Waals surface area contributed by atoms with Gasteiger partial charge in [0.2, 0.25) is 0 Å². The zero-order valence-electron chi connectivity index (χ0n) is 6.57. The minimum absolute atomic E-state index is 0.180. The monoisotopic (exact) mass is 245 g/mol. The number of hydrogen-bond acceptors (Lipinski definition) is 1. The van der Waals surface area contributed by atoms with Crippen LogP contribution < -0.4 is 5.32 Å². The molecule has 4 heteroatoms. The maximum Gasteiger partial charge on any atom is 0.150 e. The Balaban J connectivity index is 3.00. The van der Waals surface area contributed by atoms with Crippen LogP contribution in [-0.4, -0.2) is 6.54 Å². The Labute approximate surface area is 83.3 Å². The Morgan fingerprint density at radius 2 is 2.15 bits per heavy atom. The first-order valence-corrected chi connectivity index (χ1v) is 4.26. The normalized spacial score (nSPS) is 9.38. The summed E-state index contributed by atoms with van der Waals surface area (Å²) in [6, 6.07) is 1.96. The number of terminal acetylenes is 1. The third kappa shape index (κ3) is 2.43. The fourth-order valence-electron chi connectivity index (χ4n) is 0.851. The maximum absolute atomic E-state index is 13.0. The number of hydrogen-bond donors (Lipinski definition) is 1. The van der Waals surface area contributed by atoms with Crippen molar-refractivity contribution in [3.05, 3.63) is 28.2 Å². The van der Waals surface area contributed by atoms with E-state index in [0.717, 1.165) is 6.07 Å². The van der Waals surface area contributed by atoms with Gasteiger partial charge in [0, 0.05) is 10.5 Å². The maximum atomic E-state index is 13.0. The van der Waals surface area contributed by atoms with Gasteiger partial charge in [-0.3, -0.25) is 0 Å². The summed E-state index contributed by atoms with van der Waals surface area (Å²) >= 11 is 3.02. The van der Waals surface area contributed by atoms with Gasteiger partial charge in [-0.1, -0.05) is 5.92 Å². The number of anilines is 1. The molecule has 0 aliphatic rings. The minimum atomic E-state index is -0.665. The lowest BCUT2D eigenvalue weighted by Crippen LogP contribution is -2.02. The summed E-state index contributed by atoms with van der Waals surface area (Å²) < 4.78 is 25.9. The number of benzene rings is 1. The first kappa shape index (κ1) is 10.0. The van der Waals surface area contributed by atoms with Crippen molar-refractivity contribution in [1.82, 2.24) is 0 Å². The highest BCUT2D eigenvalue weighted by molar-refractivity contribution is 9.10. The molecule has 0 aliphatic heterocycles. The molecule has 0 saturated heterocycles. The van der Waals surface area contributed by atoms with Crippen LogP contribution in [0.1, 0.15) is 0 Å². The molecule has 0 amide bonds.